The van der Waals surface area contributed by atoms with Crippen molar-refractivity contribution in [2.24, 2.45) is 16.2 Å². The SMILES string of the molecule is CCC(C)(C)CC(CC)(CC(=O)O)C(C)(C)C. The van der Waals surface area contributed by atoms with E-state index in [4.69, 9.17) is 0 Å². The van der Waals surface area contributed by atoms with Crippen molar-refractivity contribution in [3.8, 4) is 0 Å². The van der Waals surface area contributed by atoms with Crippen LogP contribution in [0.25, 0.3) is 0 Å². The molecular formula is C15H30O2. The number of carbonyl (C=O) groups is 1. The molecule has 0 rings (SSSR count). The van der Waals surface area contributed by atoms with E-state index in [0.29, 0.717) is 0 Å². The van der Waals surface area contributed by atoms with E-state index in [1.165, 1.54) is 0 Å². The van der Waals surface area contributed by atoms with Crippen molar-refractivity contribution in [3.63, 3.8) is 0 Å². The van der Waals surface area contributed by atoms with Crippen LogP contribution in [0.3, 0.4) is 0 Å². The van der Waals surface area contributed by atoms with Crippen molar-refractivity contribution < 1.29 is 9.90 Å². The Balaban J connectivity index is 5.28. The summed E-state index contributed by atoms with van der Waals surface area (Å²) < 4.78 is 0. The first-order valence-electron chi connectivity index (χ1n) is 6.71. The van der Waals surface area contributed by atoms with Gasteiger partial charge in [-0.1, -0.05) is 54.9 Å². The molecular weight excluding hydrogens is 212 g/mol. The molecule has 17 heavy (non-hydrogen) atoms. The zero-order chi connectivity index (χ0) is 13.9. The van der Waals surface area contributed by atoms with Crippen LogP contribution in [0.5, 0.6) is 0 Å². The normalized spacial score (nSPS) is 16.6. The fourth-order valence-corrected chi connectivity index (χ4v) is 2.70. The first-order chi connectivity index (χ1) is 7.49. The predicted molar refractivity (Wildman–Crippen MR) is 73.1 cm³/mol. The zero-order valence-corrected chi connectivity index (χ0v) is 12.7. The Morgan fingerprint density at radius 2 is 1.47 bits per heavy atom. The minimum absolute atomic E-state index is 0.0204. The van der Waals surface area contributed by atoms with Crippen LogP contribution in [0.1, 0.15) is 74.1 Å². The number of hydrogen-bond acceptors (Lipinski definition) is 1. The topological polar surface area (TPSA) is 37.3 Å². The molecule has 0 aliphatic rings. The highest BCUT2D eigenvalue weighted by Gasteiger charge is 2.44. The van der Waals surface area contributed by atoms with Crippen LogP contribution in [0, 0.1) is 16.2 Å². The van der Waals surface area contributed by atoms with Crippen molar-refractivity contribution in [1.82, 2.24) is 0 Å². The van der Waals surface area contributed by atoms with Crippen LogP contribution in [-0.4, -0.2) is 11.1 Å². The lowest BCUT2D eigenvalue weighted by atomic mass is 9.57. The summed E-state index contributed by atoms with van der Waals surface area (Å²) in [6.45, 7) is 15.3. The van der Waals surface area contributed by atoms with Gasteiger partial charge in [0.25, 0.3) is 0 Å². The molecule has 0 aliphatic heterocycles. The highest BCUT2D eigenvalue weighted by Crippen LogP contribution is 2.52. The van der Waals surface area contributed by atoms with Gasteiger partial charge in [-0.15, -0.1) is 0 Å². The Bertz CT molecular complexity index is 261. The lowest BCUT2D eigenvalue weighted by Gasteiger charge is -2.48. The minimum atomic E-state index is -0.673. The quantitative estimate of drug-likeness (QED) is 0.731. The Hall–Kier alpha value is -0.530. The molecule has 0 amide bonds. The standard InChI is InChI=1S/C15H30O2/c1-8-14(6,7)11-15(9-2,10-12(16)17)13(3,4)5/h8-11H2,1-7H3,(H,16,17). The molecule has 2 heteroatoms. The van der Waals surface area contributed by atoms with E-state index < -0.39 is 5.97 Å². The molecule has 0 fully saturated rings. The number of carboxylic acids is 1. The summed E-state index contributed by atoms with van der Waals surface area (Å²) in [5, 5.41) is 9.21. The molecule has 0 saturated heterocycles. The summed E-state index contributed by atoms with van der Waals surface area (Å²) in [6.07, 6.45) is 3.26. The molecule has 0 aromatic carbocycles. The van der Waals surface area contributed by atoms with Crippen molar-refractivity contribution in [2.45, 2.75) is 74.1 Å². The van der Waals surface area contributed by atoms with E-state index >= 15 is 0 Å². The second kappa shape index (κ2) is 5.41. The van der Waals surface area contributed by atoms with Gasteiger partial charge >= 0.3 is 5.97 Å². The summed E-state index contributed by atoms with van der Waals surface area (Å²) in [5.41, 5.74) is 0.115. The maximum Gasteiger partial charge on any atom is 0.303 e. The van der Waals surface area contributed by atoms with Crippen LogP contribution in [-0.2, 0) is 4.79 Å². The van der Waals surface area contributed by atoms with Crippen molar-refractivity contribution in [2.75, 3.05) is 0 Å². The highest BCUT2D eigenvalue weighted by atomic mass is 16.4. The Kier molecular flexibility index (Phi) is 5.24. The molecule has 0 heterocycles. The first kappa shape index (κ1) is 16.5. The van der Waals surface area contributed by atoms with Gasteiger partial charge in [0.1, 0.15) is 0 Å². The third-order valence-electron chi connectivity index (χ3n) is 4.53. The largest absolute Gasteiger partial charge is 0.481 e. The molecule has 0 aromatic heterocycles. The van der Waals surface area contributed by atoms with E-state index in [9.17, 15) is 9.90 Å². The summed E-state index contributed by atoms with van der Waals surface area (Å²) in [7, 11) is 0. The van der Waals surface area contributed by atoms with Crippen molar-refractivity contribution in [3.05, 3.63) is 0 Å². The van der Waals surface area contributed by atoms with Crippen LogP contribution in [0.15, 0.2) is 0 Å². The average Bonchev–Trinajstić information content (AvgIpc) is 2.13. The van der Waals surface area contributed by atoms with Gasteiger partial charge < -0.3 is 5.11 Å². The molecule has 2 nitrogen and oxygen atoms in total. The third-order valence-corrected chi connectivity index (χ3v) is 4.53. The third kappa shape index (κ3) is 4.33. The van der Waals surface area contributed by atoms with Crippen molar-refractivity contribution in [1.29, 1.82) is 0 Å². The average molecular weight is 242 g/mol. The van der Waals surface area contributed by atoms with Crippen LogP contribution in [0.4, 0.5) is 0 Å². The van der Waals surface area contributed by atoms with Crippen LogP contribution >= 0.6 is 0 Å². The monoisotopic (exact) mass is 242 g/mol. The molecule has 0 bridgehead atoms. The first-order valence-corrected chi connectivity index (χ1v) is 6.71. The van der Waals surface area contributed by atoms with E-state index in [0.717, 1.165) is 19.3 Å². The second-order valence-corrected chi connectivity index (χ2v) is 7.15. The molecule has 102 valence electrons. The fourth-order valence-electron chi connectivity index (χ4n) is 2.70. The van der Waals surface area contributed by atoms with Gasteiger partial charge in [0.05, 0.1) is 6.42 Å². The van der Waals surface area contributed by atoms with E-state index in [1.807, 2.05) is 0 Å². The van der Waals surface area contributed by atoms with Gasteiger partial charge in [-0.2, -0.15) is 0 Å². The molecule has 0 aromatic rings. The van der Waals surface area contributed by atoms with Crippen molar-refractivity contribution >= 4 is 5.97 Å². The Morgan fingerprint density at radius 1 is 1.00 bits per heavy atom. The van der Waals surface area contributed by atoms with Crippen LogP contribution < -0.4 is 0 Å². The number of carboxylic acid groups (broad SMARTS) is 1. The van der Waals surface area contributed by atoms with E-state index in [1.54, 1.807) is 0 Å². The Morgan fingerprint density at radius 3 is 1.71 bits per heavy atom. The lowest BCUT2D eigenvalue weighted by molar-refractivity contribution is -0.143. The van der Waals surface area contributed by atoms with Gasteiger partial charge in [0.2, 0.25) is 0 Å². The summed E-state index contributed by atoms with van der Waals surface area (Å²) >= 11 is 0. The summed E-state index contributed by atoms with van der Waals surface area (Å²) in [4.78, 5) is 11.2. The fraction of sp³-hybridized carbons (Fsp3) is 0.933. The Labute approximate surface area is 107 Å². The lowest BCUT2D eigenvalue weighted by Crippen LogP contribution is -2.41. The summed E-state index contributed by atoms with van der Waals surface area (Å²) in [6, 6.07) is 0. The minimum Gasteiger partial charge on any atom is -0.481 e. The zero-order valence-electron chi connectivity index (χ0n) is 12.7. The van der Waals surface area contributed by atoms with Gasteiger partial charge in [0, 0.05) is 0 Å². The number of rotatable bonds is 6. The predicted octanol–water partition coefficient (Wildman–Crippen LogP) is 4.73. The van der Waals surface area contributed by atoms with Crippen LogP contribution in [0.2, 0.25) is 0 Å². The van der Waals surface area contributed by atoms with E-state index in [-0.39, 0.29) is 22.7 Å². The molecule has 0 radical (unpaired) electrons. The number of aliphatic carboxylic acids is 1. The van der Waals surface area contributed by atoms with Gasteiger partial charge in [0.15, 0.2) is 0 Å². The maximum absolute atomic E-state index is 11.2. The van der Waals surface area contributed by atoms with Gasteiger partial charge in [-0.05, 0) is 29.1 Å². The van der Waals surface area contributed by atoms with Gasteiger partial charge in [-0.25, -0.2) is 0 Å². The smallest absolute Gasteiger partial charge is 0.303 e. The maximum atomic E-state index is 11.2. The molecule has 0 aliphatic carbocycles. The highest BCUT2D eigenvalue weighted by molar-refractivity contribution is 5.67. The summed E-state index contributed by atoms with van der Waals surface area (Å²) in [5.74, 6) is -0.673. The molecule has 0 spiro atoms. The molecule has 1 atom stereocenters. The van der Waals surface area contributed by atoms with E-state index in [2.05, 4.69) is 48.5 Å². The second-order valence-electron chi connectivity index (χ2n) is 7.15. The molecule has 1 N–H and O–H groups in total. The molecule has 1 unspecified atom stereocenters. The van der Waals surface area contributed by atoms with Gasteiger partial charge in [-0.3, -0.25) is 4.79 Å². The number of hydrogen-bond donors (Lipinski definition) is 1. The molecule has 0 saturated carbocycles.